The van der Waals surface area contributed by atoms with Gasteiger partial charge < -0.3 is 19.1 Å². The molecule has 0 bridgehead atoms. The molecule has 1 aliphatic heterocycles. The Morgan fingerprint density at radius 3 is 2.31 bits per heavy atom. The molecule has 0 saturated carbocycles. The Bertz CT molecular complexity index is 762. The van der Waals surface area contributed by atoms with Crippen LogP contribution in [0.4, 0.5) is 4.79 Å². The maximum atomic E-state index is 12.9. The number of rotatable bonds is 8. The molecular weight excluding hydrogens is 412 g/mol. The van der Waals surface area contributed by atoms with Crippen molar-refractivity contribution < 1.29 is 28.6 Å². The molecular formula is C24H36N2O6. The summed E-state index contributed by atoms with van der Waals surface area (Å²) in [5.41, 5.74) is 0.394. The number of likely N-dealkylation sites (tertiary alicyclic amines) is 1. The summed E-state index contributed by atoms with van der Waals surface area (Å²) >= 11 is 0. The molecule has 2 atom stereocenters. The molecule has 0 N–H and O–H groups in total. The molecule has 32 heavy (non-hydrogen) atoms. The quantitative estimate of drug-likeness (QED) is 0.446. The molecule has 2 unspecified atom stereocenters. The van der Waals surface area contributed by atoms with Crippen molar-refractivity contribution >= 4 is 18.0 Å². The Kier molecular flexibility index (Phi) is 9.50. The fourth-order valence-electron chi connectivity index (χ4n) is 3.83. The largest absolute Gasteiger partial charge is 0.466 e. The molecule has 8 heteroatoms. The van der Waals surface area contributed by atoms with E-state index in [1.165, 1.54) is 0 Å². The van der Waals surface area contributed by atoms with Crippen molar-refractivity contribution in [2.75, 3.05) is 32.8 Å². The Balaban J connectivity index is 2.27. The first-order chi connectivity index (χ1) is 15.1. The minimum atomic E-state index is -0.628. The average Bonchev–Trinajstić information content (AvgIpc) is 2.73. The summed E-state index contributed by atoms with van der Waals surface area (Å²) in [6, 6.07) is 9.48. The van der Waals surface area contributed by atoms with E-state index in [0.717, 1.165) is 5.56 Å². The molecule has 1 saturated heterocycles. The van der Waals surface area contributed by atoms with Crippen molar-refractivity contribution in [3.63, 3.8) is 0 Å². The minimum Gasteiger partial charge on any atom is -0.466 e. The first kappa shape index (κ1) is 25.6. The molecule has 0 aromatic heterocycles. The van der Waals surface area contributed by atoms with Gasteiger partial charge in [-0.2, -0.15) is 0 Å². The van der Waals surface area contributed by atoms with Crippen molar-refractivity contribution in [1.82, 2.24) is 9.80 Å². The lowest BCUT2D eigenvalue weighted by atomic mass is 9.90. The first-order valence-corrected chi connectivity index (χ1v) is 11.2. The Labute approximate surface area is 190 Å². The van der Waals surface area contributed by atoms with Gasteiger partial charge in [-0.15, -0.1) is 0 Å². The maximum Gasteiger partial charge on any atom is 0.410 e. The number of esters is 2. The van der Waals surface area contributed by atoms with Gasteiger partial charge in [-0.25, -0.2) is 4.79 Å². The summed E-state index contributed by atoms with van der Waals surface area (Å²) in [7, 11) is 0. The molecule has 0 aliphatic carbocycles. The third kappa shape index (κ3) is 7.82. The number of carbonyl (C=O) groups excluding carboxylic acids is 3. The van der Waals surface area contributed by atoms with Gasteiger partial charge in [-0.1, -0.05) is 30.3 Å². The van der Waals surface area contributed by atoms with Crippen LogP contribution in [0.5, 0.6) is 0 Å². The third-order valence-electron chi connectivity index (χ3n) is 5.15. The SMILES string of the molecule is CCOC(=O)CN(Cc1ccccc1)C1CCN(C(=O)OC(C)(C)C)CC1C(=O)OCC. The van der Waals surface area contributed by atoms with E-state index in [2.05, 4.69) is 0 Å². The van der Waals surface area contributed by atoms with Gasteiger partial charge in [0.25, 0.3) is 0 Å². The van der Waals surface area contributed by atoms with Gasteiger partial charge in [-0.3, -0.25) is 14.5 Å². The number of nitrogens with zero attached hydrogens (tertiary/aromatic N) is 2. The van der Waals surface area contributed by atoms with E-state index in [1.54, 1.807) is 39.5 Å². The molecule has 1 heterocycles. The fourth-order valence-corrected chi connectivity index (χ4v) is 3.83. The van der Waals surface area contributed by atoms with Gasteiger partial charge >= 0.3 is 18.0 Å². The molecule has 1 amide bonds. The van der Waals surface area contributed by atoms with Crippen LogP contribution in [0.15, 0.2) is 30.3 Å². The highest BCUT2D eigenvalue weighted by molar-refractivity contribution is 5.76. The van der Waals surface area contributed by atoms with Crippen LogP contribution in [0.3, 0.4) is 0 Å². The number of hydrogen-bond acceptors (Lipinski definition) is 7. The summed E-state index contributed by atoms with van der Waals surface area (Å²) in [4.78, 5) is 41.4. The summed E-state index contributed by atoms with van der Waals surface area (Å²) in [5.74, 6) is -1.33. The second kappa shape index (κ2) is 11.9. The van der Waals surface area contributed by atoms with E-state index in [-0.39, 0.29) is 44.3 Å². The van der Waals surface area contributed by atoms with Gasteiger partial charge in [0.05, 0.1) is 25.7 Å². The maximum absolute atomic E-state index is 12.9. The van der Waals surface area contributed by atoms with Crippen molar-refractivity contribution in [2.45, 2.75) is 59.2 Å². The van der Waals surface area contributed by atoms with Crippen LogP contribution in [0, 0.1) is 5.92 Å². The fraction of sp³-hybridized carbons (Fsp3) is 0.625. The van der Waals surface area contributed by atoms with Crippen LogP contribution in [0.2, 0.25) is 0 Å². The standard InChI is InChI=1S/C24H36N2O6/c1-6-30-21(27)17-26(15-18-11-9-8-10-12-18)20-13-14-25(23(29)32-24(3,4)5)16-19(20)22(28)31-7-2/h8-12,19-20H,6-7,13-17H2,1-5H3. The topological polar surface area (TPSA) is 85.4 Å². The predicted molar refractivity (Wildman–Crippen MR) is 120 cm³/mol. The second-order valence-electron chi connectivity index (χ2n) is 8.84. The summed E-state index contributed by atoms with van der Waals surface area (Å²) in [6.07, 6.45) is 0.0554. The van der Waals surface area contributed by atoms with Crippen LogP contribution in [0.1, 0.15) is 46.6 Å². The van der Waals surface area contributed by atoms with E-state index in [9.17, 15) is 14.4 Å². The van der Waals surface area contributed by atoms with E-state index < -0.39 is 17.6 Å². The average molecular weight is 449 g/mol. The van der Waals surface area contributed by atoms with Crippen LogP contribution in [0.25, 0.3) is 0 Å². The zero-order chi connectivity index (χ0) is 23.7. The van der Waals surface area contributed by atoms with Crippen LogP contribution in [-0.4, -0.2) is 72.3 Å². The number of piperidine rings is 1. The first-order valence-electron chi connectivity index (χ1n) is 11.2. The molecule has 2 rings (SSSR count). The molecule has 178 valence electrons. The lowest BCUT2D eigenvalue weighted by Crippen LogP contribution is -2.56. The number of hydrogen-bond donors (Lipinski definition) is 0. The molecule has 1 aromatic rings. The van der Waals surface area contributed by atoms with Gasteiger partial charge in [0.1, 0.15) is 5.60 Å². The summed E-state index contributed by atoms with van der Waals surface area (Å²) in [5, 5.41) is 0. The van der Waals surface area contributed by atoms with E-state index in [4.69, 9.17) is 14.2 Å². The van der Waals surface area contributed by atoms with Gasteiger partial charge in [0.2, 0.25) is 0 Å². The van der Waals surface area contributed by atoms with Crippen LogP contribution >= 0.6 is 0 Å². The zero-order valence-corrected chi connectivity index (χ0v) is 19.8. The predicted octanol–water partition coefficient (Wildman–Crippen LogP) is 3.24. The van der Waals surface area contributed by atoms with Crippen molar-refractivity contribution in [3.05, 3.63) is 35.9 Å². The number of carbonyl (C=O) groups is 3. The van der Waals surface area contributed by atoms with E-state index in [0.29, 0.717) is 19.5 Å². The molecule has 0 radical (unpaired) electrons. The normalized spacial score (nSPS) is 18.9. The Morgan fingerprint density at radius 1 is 1.06 bits per heavy atom. The van der Waals surface area contributed by atoms with Crippen LogP contribution < -0.4 is 0 Å². The highest BCUT2D eigenvalue weighted by Gasteiger charge is 2.41. The lowest BCUT2D eigenvalue weighted by molar-refractivity contribution is -0.156. The molecule has 1 fully saturated rings. The van der Waals surface area contributed by atoms with E-state index in [1.807, 2.05) is 35.2 Å². The molecule has 1 aromatic carbocycles. The van der Waals surface area contributed by atoms with Gasteiger partial charge in [0, 0.05) is 25.7 Å². The van der Waals surface area contributed by atoms with Gasteiger partial charge in [0.15, 0.2) is 0 Å². The monoisotopic (exact) mass is 448 g/mol. The van der Waals surface area contributed by atoms with Crippen molar-refractivity contribution in [1.29, 1.82) is 0 Å². The van der Waals surface area contributed by atoms with Crippen molar-refractivity contribution in [2.24, 2.45) is 5.92 Å². The third-order valence-corrected chi connectivity index (χ3v) is 5.15. The highest BCUT2D eigenvalue weighted by atomic mass is 16.6. The number of ether oxygens (including phenoxy) is 3. The smallest absolute Gasteiger partial charge is 0.410 e. The second-order valence-corrected chi connectivity index (χ2v) is 8.84. The molecule has 1 aliphatic rings. The van der Waals surface area contributed by atoms with Crippen LogP contribution in [-0.2, 0) is 30.3 Å². The summed E-state index contributed by atoms with van der Waals surface area (Å²) in [6.45, 7) is 10.6. The Morgan fingerprint density at radius 2 is 1.72 bits per heavy atom. The van der Waals surface area contributed by atoms with Gasteiger partial charge in [-0.05, 0) is 46.6 Å². The molecule has 8 nitrogen and oxygen atoms in total. The number of amides is 1. The van der Waals surface area contributed by atoms with Crippen molar-refractivity contribution in [3.8, 4) is 0 Å². The van der Waals surface area contributed by atoms with E-state index >= 15 is 0 Å². The lowest BCUT2D eigenvalue weighted by Gasteiger charge is -2.42. The summed E-state index contributed by atoms with van der Waals surface area (Å²) < 4.78 is 16.0. The zero-order valence-electron chi connectivity index (χ0n) is 19.8. The number of benzene rings is 1. The Hall–Kier alpha value is -2.61. The minimum absolute atomic E-state index is 0.0513. The highest BCUT2D eigenvalue weighted by Crippen LogP contribution is 2.27. The molecule has 0 spiro atoms.